The van der Waals surface area contributed by atoms with E-state index in [2.05, 4.69) is 36.4 Å². The minimum atomic E-state index is -0.168. The molecule has 4 aromatic rings. The first kappa shape index (κ1) is 17.4. The van der Waals surface area contributed by atoms with Gasteiger partial charge in [-0.15, -0.1) is 0 Å². The number of aromatic nitrogens is 3. The SMILES string of the molecule is O=C(NCCc1ccc(Br)cc1)c1cc(-c2ccc3[nH]ncc3c2)ccn1. The van der Waals surface area contributed by atoms with Gasteiger partial charge in [0.2, 0.25) is 0 Å². The molecule has 0 aliphatic carbocycles. The van der Waals surface area contributed by atoms with Crippen LogP contribution in [0.5, 0.6) is 0 Å². The summed E-state index contributed by atoms with van der Waals surface area (Å²) in [7, 11) is 0. The Labute approximate surface area is 165 Å². The van der Waals surface area contributed by atoms with Crippen LogP contribution in [-0.2, 0) is 6.42 Å². The molecular formula is C21H17BrN4O. The Bertz CT molecular complexity index is 1090. The number of rotatable bonds is 5. The topological polar surface area (TPSA) is 70.7 Å². The predicted molar refractivity (Wildman–Crippen MR) is 110 cm³/mol. The van der Waals surface area contributed by atoms with Gasteiger partial charge in [0.25, 0.3) is 5.91 Å². The number of carbonyl (C=O) groups excluding carboxylic acids is 1. The van der Waals surface area contributed by atoms with E-state index < -0.39 is 0 Å². The maximum atomic E-state index is 12.4. The Morgan fingerprint density at radius 3 is 2.70 bits per heavy atom. The van der Waals surface area contributed by atoms with Crippen LogP contribution in [0.25, 0.3) is 22.0 Å². The highest BCUT2D eigenvalue weighted by Gasteiger charge is 2.09. The Hall–Kier alpha value is -2.99. The summed E-state index contributed by atoms with van der Waals surface area (Å²) in [4.78, 5) is 16.7. The van der Waals surface area contributed by atoms with Gasteiger partial charge in [0.15, 0.2) is 0 Å². The highest BCUT2D eigenvalue weighted by atomic mass is 79.9. The third-order valence-electron chi connectivity index (χ3n) is 4.38. The molecule has 0 atom stereocenters. The number of hydrogen-bond acceptors (Lipinski definition) is 3. The molecule has 0 saturated heterocycles. The van der Waals surface area contributed by atoms with Crippen LogP contribution in [0.4, 0.5) is 0 Å². The van der Waals surface area contributed by atoms with E-state index in [0.717, 1.165) is 32.9 Å². The minimum Gasteiger partial charge on any atom is -0.350 e. The molecular weight excluding hydrogens is 404 g/mol. The number of amides is 1. The van der Waals surface area contributed by atoms with E-state index in [1.165, 1.54) is 5.56 Å². The predicted octanol–water partition coefficient (Wildman–Crippen LogP) is 4.36. The van der Waals surface area contributed by atoms with Gasteiger partial charge in [0.05, 0.1) is 11.7 Å². The van der Waals surface area contributed by atoms with Crippen LogP contribution in [-0.4, -0.2) is 27.6 Å². The lowest BCUT2D eigenvalue weighted by Crippen LogP contribution is -2.26. The lowest BCUT2D eigenvalue weighted by molar-refractivity contribution is 0.0949. The van der Waals surface area contributed by atoms with Crippen LogP contribution >= 0.6 is 15.9 Å². The molecule has 134 valence electrons. The number of nitrogens with zero attached hydrogens (tertiary/aromatic N) is 2. The van der Waals surface area contributed by atoms with Gasteiger partial charge in [0.1, 0.15) is 5.69 Å². The molecule has 0 bridgehead atoms. The third-order valence-corrected chi connectivity index (χ3v) is 4.91. The Balaban J connectivity index is 1.44. The van der Waals surface area contributed by atoms with Gasteiger partial charge in [-0.05, 0) is 59.5 Å². The second kappa shape index (κ2) is 7.72. The molecule has 0 aliphatic rings. The summed E-state index contributed by atoms with van der Waals surface area (Å²) in [5.41, 5.74) is 4.55. The monoisotopic (exact) mass is 420 g/mol. The molecule has 27 heavy (non-hydrogen) atoms. The first-order valence-corrected chi connectivity index (χ1v) is 9.40. The summed E-state index contributed by atoms with van der Waals surface area (Å²) in [6.45, 7) is 0.563. The number of H-pyrrole nitrogens is 1. The summed E-state index contributed by atoms with van der Waals surface area (Å²) < 4.78 is 1.05. The summed E-state index contributed by atoms with van der Waals surface area (Å²) in [6, 6.07) is 17.8. The maximum Gasteiger partial charge on any atom is 0.269 e. The molecule has 0 fully saturated rings. The quantitative estimate of drug-likeness (QED) is 0.503. The number of benzene rings is 2. The van der Waals surface area contributed by atoms with Crippen molar-refractivity contribution in [3.05, 3.63) is 82.7 Å². The fourth-order valence-corrected chi connectivity index (χ4v) is 3.18. The van der Waals surface area contributed by atoms with Gasteiger partial charge in [-0.3, -0.25) is 14.9 Å². The summed E-state index contributed by atoms with van der Waals surface area (Å²) in [5.74, 6) is -0.168. The number of fused-ring (bicyclic) bond motifs is 1. The van der Waals surface area contributed by atoms with Crippen LogP contribution in [0.3, 0.4) is 0 Å². The summed E-state index contributed by atoms with van der Waals surface area (Å²) in [6.07, 6.45) is 4.23. The number of nitrogens with one attached hydrogen (secondary N) is 2. The average Bonchev–Trinajstić information content (AvgIpc) is 3.17. The summed E-state index contributed by atoms with van der Waals surface area (Å²) >= 11 is 3.42. The van der Waals surface area contributed by atoms with Crippen LogP contribution in [0.1, 0.15) is 16.1 Å². The van der Waals surface area contributed by atoms with Crippen molar-refractivity contribution in [2.45, 2.75) is 6.42 Å². The highest BCUT2D eigenvalue weighted by Crippen LogP contribution is 2.23. The van der Waals surface area contributed by atoms with E-state index in [4.69, 9.17) is 0 Å². The van der Waals surface area contributed by atoms with Crippen molar-refractivity contribution in [1.29, 1.82) is 0 Å². The van der Waals surface area contributed by atoms with Gasteiger partial charge < -0.3 is 5.32 Å². The number of halogens is 1. The molecule has 2 N–H and O–H groups in total. The smallest absolute Gasteiger partial charge is 0.269 e. The molecule has 0 radical (unpaired) electrons. The molecule has 0 unspecified atom stereocenters. The highest BCUT2D eigenvalue weighted by molar-refractivity contribution is 9.10. The van der Waals surface area contributed by atoms with Gasteiger partial charge in [-0.2, -0.15) is 5.10 Å². The second-order valence-electron chi connectivity index (χ2n) is 6.23. The number of aromatic amines is 1. The van der Waals surface area contributed by atoms with Gasteiger partial charge in [-0.1, -0.05) is 34.1 Å². The van der Waals surface area contributed by atoms with Gasteiger partial charge >= 0.3 is 0 Å². The van der Waals surface area contributed by atoms with E-state index in [0.29, 0.717) is 12.2 Å². The zero-order valence-corrected chi connectivity index (χ0v) is 16.0. The van der Waals surface area contributed by atoms with Crippen LogP contribution in [0.15, 0.2) is 71.5 Å². The zero-order valence-electron chi connectivity index (χ0n) is 14.4. The standard InChI is InChI=1S/C21H17BrN4O/c22-18-4-1-14(2-5-18)7-9-24-21(27)20-12-16(8-10-23-20)15-3-6-19-17(11-15)13-25-26-19/h1-6,8,10-13H,7,9H2,(H,24,27)(H,25,26). The largest absolute Gasteiger partial charge is 0.350 e. The molecule has 0 spiro atoms. The second-order valence-corrected chi connectivity index (χ2v) is 7.15. The van der Waals surface area contributed by atoms with Crippen molar-refractivity contribution in [1.82, 2.24) is 20.5 Å². The van der Waals surface area contributed by atoms with E-state index in [-0.39, 0.29) is 5.91 Å². The molecule has 2 aromatic heterocycles. The lowest BCUT2D eigenvalue weighted by Gasteiger charge is -2.07. The Morgan fingerprint density at radius 1 is 1.04 bits per heavy atom. The van der Waals surface area contributed by atoms with Gasteiger partial charge in [0, 0.05) is 22.6 Å². The van der Waals surface area contributed by atoms with Crippen LogP contribution in [0, 0.1) is 0 Å². The zero-order chi connectivity index (χ0) is 18.6. The van der Waals surface area contributed by atoms with Crippen molar-refractivity contribution in [3.8, 4) is 11.1 Å². The average molecular weight is 421 g/mol. The number of pyridine rings is 1. The molecule has 0 saturated carbocycles. The molecule has 4 rings (SSSR count). The molecule has 2 heterocycles. The Morgan fingerprint density at radius 2 is 1.85 bits per heavy atom. The molecule has 2 aromatic carbocycles. The Kier molecular flexibility index (Phi) is 4.98. The maximum absolute atomic E-state index is 12.4. The van der Waals surface area contributed by atoms with E-state index in [1.807, 2.05) is 54.6 Å². The van der Waals surface area contributed by atoms with Crippen LogP contribution in [0.2, 0.25) is 0 Å². The number of carbonyl (C=O) groups is 1. The minimum absolute atomic E-state index is 0.168. The third kappa shape index (κ3) is 4.06. The van der Waals surface area contributed by atoms with Crippen molar-refractivity contribution in [2.24, 2.45) is 0 Å². The molecule has 0 aliphatic heterocycles. The van der Waals surface area contributed by atoms with E-state index in [9.17, 15) is 4.79 Å². The molecule has 5 nitrogen and oxygen atoms in total. The van der Waals surface area contributed by atoms with Crippen LogP contribution < -0.4 is 5.32 Å². The van der Waals surface area contributed by atoms with E-state index >= 15 is 0 Å². The first-order valence-electron chi connectivity index (χ1n) is 8.61. The normalized spacial score (nSPS) is 10.9. The summed E-state index contributed by atoms with van der Waals surface area (Å²) in [5, 5.41) is 11.0. The van der Waals surface area contributed by atoms with Crippen molar-refractivity contribution < 1.29 is 4.79 Å². The molecule has 1 amide bonds. The first-order chi connectivity index (χ1) is 13.2. The van der Waals surface area contributed by atoms with Crippen molar-refractivity contribution in [3.63, 3.8) is 0 Å². The van der Waals surface area contributed by atoms with Gasteiger partial charge in [-0.25, -0.2) is 0 Å². The fraction of sp³-hybridized carbons (Fsp3) is 0.0952. The molecule has 6 heteroatoms. The fourth-order valence-electron chi connectivity index (χ4n) is 2.92. The van der Waals surface area contributed by atoms with Crippen molar-refractivity contribution in [2.75, 3.05) is 6.54 Å². The number of hydrogen-bond donors (Lipinski definition) is 2. The van der Waals surface area contributed by atoms with E-state index in [1.54, 1.807) is 12.4 Å². The lowest BCUT2D eigenvalue weighted by atomic mass is 10.0. The van der Waals surface area contributed by atoms with Crippen molar-refractivity contribution >= 4 is 32.7 Å².